The highest BCUT2D eigenvalue weighted by atomic mass is 35.5. The summed E-state index contributed by atoms with van der Waals surface area (Å²) in [7, 11) is 0. The summed E-state index contributed by atoms with van der Waals surface area (Å²) in [6, 6.07) is 8.35. The smallest absolute Gasteiger partial charge is 0.348 e. The summed E-state index contributed by atoms with van der Waals surface area (Å²) in [6.45, 7) is 1.61. The van der Waals surface area contributed by atoms with Crippen molar-refractivity contribution in [2.45, 2.75) is 6.92 Å². The Morgan fingerprint density at radius 1 is 1.04 bits per heavy atom. The zero-order valence-electron chi connectivity index (χ0n) is 12.7. The zero-order valence-corrected chi connectivity index (χ0v) is 15.0. The molecule has 3 rings (SSSR count). The van der Waals surface area contributed by atoms with E-state index in [4.69, 9.17) is 39.2 Å². The maximum absolute atomic E-state index is 13.3. The lowest BCUT2D eigenvalue weighted by Crippen LogP contribution is -2.06. The molecule has 0 saturated heterocycles. The van der Waals surface area contributed by atoms with E-state index in [-0.39, 0.29) is 21.4 Å². The lowest BCUT2D eigenvalue weighted by atomic mass is 10.0. The van der Waals surface area contributed by atoms with Gasteiger partial charge in [0, 0.05) is 5.56 Å². The fraction of sp³-hybridized carbons (Fsp3) is 0.0556. The van der Waals surface area contributed by atoms with Crippen molar-refractivity contribution in [2.75, 3.05) is 0 Å². The molecule has 0 aliphatic rings. The number of hydrogen-bond donors (Lipinski definition) is 1. The van der Waals surface area contributed by atoms with Crippen LogP contribution in [0.5, 0.6) is 5.75 Å². The molecule has 0 amide bonds. The third-order valence-corrected chi connectivity index (χ3v) is 4.77. The van der Waals surface area contributed by atoms with Gasteiger partial charge in [0.25, 0.3) is 0 Å². The predicted molar refractivity (Wildman–Crippen MR) is 97.2 cm³/mol. The van der Waals surface area contributed by atoms with Gasteiger partial charge in [0.2, 0.25) is 0 Å². The number of aromatic hydroxyl groups is 1. The Labute approximate surface area is 157 Å². The first-order valence-electron chi connectivity index (χ1n) is 7.07. The predicted octanol–water partition coefficient (Wildman–Crippen LogP) is 6.09. The van der Waals surface area contributed by atoms with Gasteiger partial charge in [0.05, 0.1) is 10.0 Å². The van der Waals surface area contributed by atoms with E-state index in [0.29, 0.717) is 21.7 Å². The van der Waals surface area contributed by atoms with Gasteiger partial charge in [0.15, 0.2) is 11.5 Å². The zero-order chi connectivity index (χ0) is 18.3. The first-order chi connectivity index (χ1) is 11.8. The molecule has 1 aromatic heterocycles. The lowest BCUT2D eigenvalue weighted by molar-refractivity contribution is 0.456. The van der Waals surface area contributed by atoms with Crippen LogP contribution >= 0.6 is 34.8 Å². The number of rotatable bonds is 2. The second-order valence-electron chi connectivity index (χ2n) is 5.34. The molecule has 0 aliphatic carbocycles. The van der Waals surface area contributed by atoms with Crippen LogP contribution in [0.2, 0.25) is 15.1 Å². The molecule has 3 nitrogen and oxygen atoms in total. The average Bonchev–Trinajstić information content (AvgIpc) is 2.55. The van der Waals surface area contributed by atoms with Crippen molar-refractivity contribution in [2.24, 2.45) is 0 Å². The number of benzene rings is 2. The monoisotopic (exact) mass is 398 g/mol. The molecule has 0 aliphatic heterocycles. The molecule has 3 aromatic rings. The van der Waals surface area contributed by atoms with Crippen LogP contribution in [0.3, 0.4) is 0 Å². The Bertz CT molecular complexity index is 1040. The van der Waals surface area contributed by atoms with Crippen molar-refractivity contribution < 1.29 is 13.9 Å². The topological polar surface area (TPSA) is 50.4 Å². The number of aryl methyl sites for hydroxylation is 1. The van der Waals surface area contributed by atoms with Crippen LogP contribution in [0.15, 0.2) is 45.6 Å². The molecule has 0 radical (unpaired) electrons. The Kier molecular flexibility index (Phi) is 4.78. The summed E-state index contributed by atoms with van der Waals surface area (Å²) in [5, 5.41) is 10.9. The third-order valence-electron chi connectivity index (χ3n) is 3.68. The van der Waals surface area contributed by atoms with Crippen molar-refractivity contribution in [1.29, 1.82) is 0 Å². The van der Waals surface area contributed by atoms with E-state index < -0.39 is 17.2 Å². The van der Waals surface area contributed by atoms with E-state index in [2.05, 4.69) is 0 Å². The molecular weight excluding hydrogens is 390 g/mol. The number of hydrogen-bond acceptors (Lipinski definition) is 3. The maximum atomic E-state index is 13.3. The van der Waals surface area contributed by atoms with Gasteiger partial charge in [-0.1, -0.05) is 40.9 Å². The van der Waals surface area contributed by atoms with Crippen molar-refractivity contribution in [1.82, 2.24) is 0 Å². The molecular formula is C18H10Cl3FO3. The maximum Gasteiger partial charge on any atom is 0.348 e. The highest BCUT2D eigenvalue weighted by molar-refractivity contribution is 6.42. The molecule has 0 saturated carbocycles. The summed E-state index contributed by atoms with van der Waals surface area (Å²) in [5.74, 6) is -0.941. The van der Waals surface area contributed by atoms with E-state index in [1.165, 1.54) is 30.3 Å². The SMILES string of the molecule is Cc1cc(F)ccc1-c1c(O)c(Cl)c(-c2ccc(Cl)c(Cl)c2)oc1=O. The number of halogens is 4. The summed E-state index contributed by atoms with van der Waals surface area (Å²) in [6.07, 6.45) is 0. The first-order valence-corrected chi connectivity index (χ1v) is 8.20. The van der Waals surface area contributed by atoms with Crippen LogP contribution in [0.4, 0.5) is 4.39 Å². The molecule has 0 fully saturated rings. The van der Waals surface area contributed by atoms with E-state index in [9.17, 15) is 14.3 Å². The largest absolute Gasteiger partial charge is 0.505 e. The average molecular weight is 400 g/mol. The van der Waals surface area contributed by atoms with E-state index in [1.807, 2.05) is 0 Å². The highest BCUT2D eigenvalue weighted by Gasteiger charge is 2.22. The molecule has 1 heterocycles. The highest BCUT2D eigenvalue weighted by Crippen LogP contribution is 2.41. The fourth-order valence-electron chi connectivity index (χ4n) is 2.47. The van der Waals surface area contributed by atoms with Gasteiger partial charge in [-0.3, -0.25) is 0 Å². The molecule has 25 heavy (non-hydrogen) atoms. The van der Waals surface area contributed by atoms with Crippen molar-refractivity contribution in [3.8, 4) is 28.2 Å². The summed E-state index contributed by atoms with van der Waals surface area (Å²) >= 11 is 18.0. The summed E-state index contributed by atoms with van der Waals surface area (Å²) in [5.41, 5.74) is 0.231. The van der Waals surface area contributed by atoms with E-state index >= 15 is 0 Å². The minimum absolute atomic E-state index is 0.0359. The second kappa shape index (κ2) is 6.71. The van der Waals surface area contributed by atoms with Crippen LogP contribution < -0.4 is 5.63 Å². The van der Waals surface area contributed by atoms with Gasteiger partial charge in [-0.2, -0.15) is 0 Å². The van der Waals surface area contributed by atoms with Crippen molar-refractivity contribution >= 4 is 34.8 Å². The van der Waals surface area contributed by atoms with Crippen LogP contribution in [-0.4, -0.2) is 5.11 Å². The van der Waals surface area contributed by atoms with E-state index in [0.717, 1.165) is 0 Å². The van der Waals surface area contributed by atoms with Crippen molar-refractivity contribution in [3.05, 3.63) is 73.3 Å². The van der Waals surface area contributed by atoms with E-state index in [1.54, 1.807) is 13.0 Å². The molecule has 0 spiro atoms. The minimum Gasteiger partial charge on any atom is -0.505 e. The van der Waals surface area contributed by atoms with Gasteiger partial charge in [0.1, 0.15) is 16.4 Å². The summed E-state index contributed by atoms with van der Waals surface area (Å²) < 4.78 is 18.6. The van der Waals surface area contributed by atoms with Crippen LogP contribution in [-0.2, 0) is 0 Å². The molecule has 0 atom stereocenters. The Balaban J connectivity index is 2.24. The fourth-order valence-corrected chi connectivity index (χ4v) is 3.01. The summed E-state index contributed by atoms with van der Waals surface area (Å²) in [4.78, 5) is 12.4. The molecule has 2 aromatic carbocycles. The first kappa shape index (κ1) is 17.8. The Morgan fingerprint density at radius 3 is 2.40 bits per heavy atom. The van der Waals surface area contributed by atoms with Gasteiger partial charge in [-0.15, -0.1) is 0 Å². The van der Waals surface area contributed by atoms with Gasteiger partial charge < -0.3 is 9.52 Å². The van der Waals surface area contributed by atoms with Crippen LogP contribution in [0, 0.1) is 12.7 Å². The Hall–Kier alpha value is -2.01. The molecule has 1 N–H and O–H groups in total. The van der Waals surface area contributed by atoms with Gasteiger partial charge >= 0.3 is 5.63 Å². The lowest BCUT2D eigenvalue weighted by Gasteiger charge is -2.11. The third kappa shape index (κ3) is 3.25. The molecule has 0 bridgehead atoms. The second-order valence-corrected chi connectivity index (χ2v) is 6.54. The standard InChI is InChI=1S/C18H10Cl3FO3/c1-8-6-10(22)3-4-11(8)14-16(23)15(21)17(25-18(14)24)9-2-5-12(19)13(20)7-9/h2-7,23H,1H3. The minimum atomic E-state index is -0.808. The molecule has 7 heteroatoms. The quantitative estimate of drug-likeness (QED) is 0.567. The van der Waals surface area contributed by atoms with Gasteiger partial charge in [-0.05, 0) is 48.4 Å². The van der Waals surface area contributed by atoms with Crippen molar-refractivity contribution in [3.63, 3.8) is 0 Å². The van der Waals surface area contributed by atoms with Crippen LogP contribution in [0.25, 0.3) is 22.5 Å². The van der Waals surface area contributed by atoms with Gasteiger partial charge in [-0.25, -0.2) is 9.18 Å². The normalized spacial score (nSPS) is 10.9. The molecule has 128 valence electrons. The Morgan fingerprint density at radius 2 is 1.76 bits per heavy atom. The molecule has 0 unspecified atom stereocenters. The van der Waals surface area contributed by atoms with Crippen LogP contribution in [0.1, 0.15) is 5.56 Å².